The molecule has 0 spiro atoms. The number of carbonyl (C=O) groups excluding carboxylic acids is 2. The van der Waals surface area contributed by atoms with Gasteiger partial charge in [-0.3, -0.25) is 24.6 Å². The van der Waals surface area contributed by atoms with Crippen LogP contribution in [0.4, 0.5) is 5.69 Å². The number of carbonyl (C=O) groups is 3. The molecule has 1 aromatic carbocycles. The third-order valence-electron chi connectivity index (χ3n) is 4.40. The van der Waals surface area contributed by atoms with Crippen molar-refractivity contribution in [3.8, 4) is 5.75 Å². The smallest absolute Gasteiger partial charge is 0.317 e. The second-order valence-corrected chi connectivity index (χ2v) is 6.21. The summed E-state index contributed by atoms with van der Waals surface area (Å²) in [6.07, 6.45) is 0.0377. The SMILES string of the molecule is O=C(O)CN1CCN(c2ccc(OC3CCC(=O)NC3=O)cc2)CC1. The van der Waals surface area contributed by atoms with Crippen molar-refractivity contribution in [2.24, 2.45) is 0 Å². The maximum Gasteiger partial charge on any atom is 0.317 e. The molecule has 2 N–H and O–H groups in total. The minimum atomic E-state index is -0.802. The van der Waals surface area contributed by atoms with Crippen molar-refractivity contribution in [3.63, 3.8) is 0 Å². The molecule has 2 aliphatic rings. The summed E-state index contributed by atoms with van der Waals surface area (Å²) >= 11 is 0. The van der Waals surface area contributed by atoms with Gasteiger partial charge in [0.15, 0.2) is 6.10 Å². The number of hydrogen-bond acceptors (Lipinski definition) is 6. The number of benzene rings is 1. The maximum absolute atomic E-state index is 11.7. The fourth-order valence-electron chi connectivity index (χ4n) is 3.04. The Balaban J connectivity index is 1.53. The number of amides is 2. The van der Waals surface area contributed by atoms with Crippen molar-refractivity contribution in [2.45, 2.75) is 18.9 Å². The van der Waals surface area contributed by atoms with E-state index in [0.717, 1.165) is 18.8 Å². The van der Waals surface area contributed by atoms with E-state index in [9.17, 15) is 14.4 Å². The van der Waals surface area contributed by atoms with Gasteiger partial charge >= 0.3 is 5.97 Å². The van der Waals surface area contributed by atoms with E-state index in [4.69, 9.17) is 9.84 Å². The molecule has 2 saturated heterocycles. The van der Waals surface area contributed by atoms with Crippen LogP contribution >= 0.6 is 0 Å². The minimum absolute atomic E-state index is 0.0760. The monoisotopic (exact) mass is 347 g/mol. The lowest BCUT2D eigenvalue weighted by Gasteiger charge is -2.35. The number of rotatable bonds is 5. The van der Waals surface area contributed by atoms with Crippen molar-refractivity contribution in [3.05, 3.63) is 24.3 Å². The molecule has 134 valence electrons. The maximum atomic E-state index is 11.7. The molecule has 1 aromatic rings. The van der Waals surface area contributed by atoms with E-state index in [-0.39, 0.29) is 18.9 Å². The van der Waals surface area contributed by atoms with Gasteiger partial charge in [0.25, 0.3) is 5.91 Å². The van der Waals surface area contributed by atoms with Crippen LogP contribution in [-0.4, -0.2) is 66.6 Å². The molecule has 0 bridgehead atoms. The fraction of sp³-hybridized carbons (Fsp3) is 0.471. The van der Waals surface area contributed by atoms with Gasteiger partial charge < -0.3 is 14.7 Å². The molecule has 25 heavy (non-hydrogen) atoms. The molecule has 2 fully saturated rings. The fourth-order valence-corrected chi connectivity index (χ4v) is 3.04. The van der Waals surface area contributed by atoms with Gasteiger partial charge in [-0.1, -0.05) is 0 Å². The molecular formula is C17H21N3O5. The van der Waals surface area contributed by atoms with Gasteiger partial charge in [-0.2, -0.15) is 0 Å². The Morgan fingerprint density at radius 2 is 1.84 bits per heavy atom. The Morgan fingerprint density at radius 1 is 1.16 bits per heavy atom. The zero-order valence-corrected chi connectivity index (χ0v) is 13.8. The highest BCUT2D eigenvalue weighted by molar-refractivity contribution is 5.99. The van der Waals surface area contributed by atoms with Crippen LogP contribution in [0.5, 0.6) is 5.75 Å². The average Bonchev–Trinajstić information content (AvgIpc) is 2.58. The number of hydrogen-bond donors (Lipinski definition) is 2. The highest BCUT2D eigenvalue weighted by Gasteiger charge is 2.28. The number of piperidine rings is 1. The third-order valence-corrected chi connectivity index (χ3v) is 4.40. The Labute approximate surface area is 145 Å². The number of ether oxygens (including phenoxy) is 1. The van der Waals surface area contributed by atoms with Crippen molar-refractivity contribution in [2.75, 3.05) is 37.6 Å². The van der Waals surface area contributed by atoms with Crippen LogP contribution in [0.15, 0.2) is 24.3 Å². The summed E-state index contributed by atoms with van der Waals surface area (Å²) in [5, 5.41) is 11.1. The number of piperazine rings is 1. The Bertz CT molecular complexity index is 653. The summed E-state index contributed by atoms with van der Waals surface area (Å²) in [5.74, 6) is -0.872. The highest BCUT2D eigenvalue weighted by Crippen LogP contribution is 2.22. The summed E-state index contributed by atoms with van der Waals surface area (Å²) in [5.41, 5.74) is 1.03. The number of nitrogens with one attached hydrogen (secondary N) is 1. The number of anilines is 1. The number of aliphatic carboxylic acids is 1. The molecule has 0 radical (unpaired) electrons. The van der Waals surface area contributed by atoms with Gasteiger partial charge in [0.1, 0.15) is 5.75 Å². The molecule has 0 saturated carbocycles. The predicted molar refractivity (Wildman–Crippen MR) is 89.5 cm³/mol. The third kappa shape index (κ3) is 4.48. The van der Waals surface area contributed by atoms with E-state index >= 15 is 0 Å². The van der Waals surface area contributed by atoms with Crippen molar-refractivity contribution in [1.82, 2.24) is 10.2 Å². The van der Waals surface area contributed by atoms with E-state index in [0.29, 0.717) is 25.3 Å². The van der Waals surface area contributed by atoms with Crippen LogP contribution in [0.1, 0.15) is 12.8 Å². The van der Waals surface area contributed by atoms with Crippen LogP contribution in [-0.2, 0) is 14.4 Å². The quantitative estimate of drug-likeness (QED) is 0.728. The Kier molecular flexibility index (Phi) is 5.18. The molecular weight excluding hydrogens is 326 g/mol. The van der Waals surface area contributed by atoms with Gasteiger partial charge in [-0.15, -0.1) is 0 Å². The zero-order valence-electron chi connectivity index (χ0n) is 13.8. The molecule has 8 heteroatoms. The molecule has 0 aromatic heterocycles. The van der Waals surface area contributed by atoms with Crippen LogP contribution in [0.25, 0.3) is 0 Å². The molecule has 2 heterocycles. The van der Waals surface area contributed by atoms with Crippen LogP contribution in [0.3, 0.4) is 0 Å². The standard InChI is InChI=1S/C17H21N3O5/c21-15-6-5-14(17(24)18-15)25-13-3-1-12(2-4-13)20-9-7-19(8-10-20)11-16(22)23/h1-4,14H,5-11H2,(H,22,23)(H,18,21,24). The Morgan fingerprint density at radius 3 is 2.44 bits per heavy atom. The summed E-state index contributed by atoms with van der Waals surface area (Å²) in [6, 6.07) is 7.47. The van der Waals surface area contributed by atoms with Crippen LogP contribution < -0.4 is 15.0 Å². The lowest BCUT2D eigenvalue weighted by molar-refractivity contribution is -0.139. The van der Waals surface area contributed by atoms with Crippen molar-refractivity contribution >= 4 is 23.5 Å². The zero-order chi connectivity index (χ0) is 17.8. The molecule has 0 aliphatic carbocycles. The van der Waals surface area contributed by atoms with E-state index in [1.54, 1.807) is 0 Å². The number of imide groups is 1. The van der Waals surface area contributed by atoms with E-state index in [1.165, 1.54) is 0 Å². The summed E-state index contributed by atoms with van der Waals surface area (Å²) in [6.45, 7) is 3.02. The molecule has 2 aliphatic heterocycles. The molecule has 1 unspecified atom stereocenters. The summed E-state index contributed by atoms with van der Waals surface area (Å²) in [7, 11) is 0. The van der Waals surface area contributed by atoms with Gasteiger partial charge in [0, 0.05) is 44.7 Å². The molecule has 3 rings (SSSR count). The van der Waals surface area contributed by atoms with E-state index < -0.39 is 18.0 Å². The molecule has 2 amide bonds. The number of carboxylic acids is 1. The van der Waals surface area contributed by atoms with Gasteiger partial charge in [0.2, 0.25) is 5.91 Å². The van der Waals surface area contributed by atoms with E-state index in [1.807, 2.05) is 29.2 Å². The largest absolute Gasteiger partial charge is 0.481 e. The minimum Gasteiger partial charge on any atom is -0.481 e. The van der Waals surface area contributed by atoms with Gasteiger partial charge in [-0.05, 0) is 24.3 Å². The number of carboxylic acid groups (broad SMARTS) is 1. The number of nitrogens with zero attached hydrogens (tertiary/aromatic N) is 2. The van der Waals surface area contributed by atoms with Gasteiger partial charge in [0.05, 0.1) is 6.54 Å². The van der Waals surface area contributed by atoms with Crippen molar-refractivity contribution < 1.29 is 24.2 Å². The first-order chi connectivity index (χ1) is 12.0. The second kappa shape index (κ2) is 7.52. The highest BCUT2D eigenvalue weighted by atomic mass is 16.5. The molecule has 1 atom stereocenters. The molecule has 8 nitrogen and oxygen atoms in total. The van der Waals surface area contributed by atoms with Crippen LogP contribution in [0.2, 0.25) is 0 Å². The first-order valence-electron chi connectivity index (χ1n) is 8.31. The van der Waals surface area contributed by atoms with Crippen molar-refractivity contribution in [1.29, 1.82) is 0 Å². The normalized spacial score (nSPS) is 21.8. The topological polar surface area (TPSA) is 99.2 Å². The Hall–Kier alpha value is -2.61. The summed E-state index contributed by atoms with van der Waals surface area (Å²) in [4.78, 5) is 37.7. The van der Waals surface area contributed by atoms with Crippen LogP contribution in [0, 0.1) is 0 Å². The van der Waals surface area contributed by atoms with E-state index in [2.05, 4.69) is 10.2 Å². The lowest BCUT2D eigenvalue weighted by Crippen LogP contribution is -2.48. The van der Waals surface area contributed by atoms with Gasteiger partial charge in [-0.25, -0.2) is 0 Å². The average molecular weight is 347 g/mol. The first-order valence-corrected chi connectivity index (χ1v) is 8.31. The first kappa shape index (κ1) is 17.2. The predicted octanol–water partition coefficient (Wildman–Crippen LogP) is 0.0772. The summed E-state index contributed by atoms with van der Waals surface area (Å²) < 4.78 is 5.66. The second-order valence-electron chi connectivity index (χ2n) is 6.21. The lowest BCUT2D eigenvalue weighted by atomic mass is 10.1.